The highest BCUT2D eigenvalue weighted by Crippen LogP contribution is 2.31. The van der Waals surface area contributed by atoms with Crippen molar-refractivity contribution in [3.05, 3.63) is 47.3 Å². The molecule has 1 aromatic carbocycles. The van der Waals surface area contributed by atoms with E-state index in [1.807, 2.05) is 0 Å². The van der Waals surface area contributed by atoms with Crippen molar-refractivity contribution in [2.24, 2.45) is 0 Å². The molecule has 0 saturated heterocycles. The van der Waals surface area contributed by atoms with Crippen molar-refractivity contribution in [3.63, 3.8) is 0 Å². The van der Waals surface area contributed by atoms with Gasteiger partial charge in [-0.15, -0.1) is 9.24 Å². The van der Waals surface area contributed by atoms with Gasteiger partial charge in [-0.3, -0.25) is 0 Å². The van der Waals surface area contributed by atoms with Gasteiger partial charge in [-0.2, -0.15) is 13.2 Å². The van der Waals surface area contributed by atoms with E-state index in [-0.39, 0.29) is 5.69 Å². The van der Waals surface area contributed by atoms with Crippen molar-refractivity contribution in [3.8, 4) is 0 Å². The third-order valence-electron chi connectivity index (χ3n) is 3.56. The summed E-state index contributed by atoms with van der Waals surface area (Å²) in [5.41, 5.74) is -2.05. The Hall–Kier alpha value is -2.35. The van der Waals surface area contributed by atoms with Crippen molar-refractivity contribution in [1.29, 1.82) is 0 Å². The summed E-state index contributed by atoms with van der Waals surface area (Å²) < 4.78 is 64.2. The molecular formula is C16H15F5N3O2P. The molecule has 0 aliphatic heterocycles. The van der Waals surface area contributed by atoms with Crippen molar-refractivity contribution in [2.75, 3.05) is 5.32 Å². The van der Waals surface area contributed by atoms with E-state index in [0.29, 0.717) is 12.3 Å². The maximum absolute atomic E-state index is 13.0. The molecule has 1 heterocycles. The van der Waals surface area contributed by atoms with Crippen LogP contribution in [0.3, 0.4) is 0 Å². The fourth-order valence-corrected chi connectivity index (χ4v) is 2.48. The van der Waals surface area contributed by atoms with Crippen LogP contribution in [0, 0.1) is 11.6 Å². The first-order valence-corrected chi connectivity index (χ1v) is 8.39. The number of hydrogen-bond donors (Lipinski definition) is 2. The lowest BCUT2D eigenvalue weighted by molar-refractivity contribution is -0.141. The van der Waals surface area contributed by atoms with Crippen LogP contribution >= 0.6 is 9.24 Å². The number of carboxylic acids is 1. The molecule has 0 amide bonds. The highest BCUT2D eigenvalue weighted by atomic mass is 31.0. The topological polar surface area (TPSA) is 75.1 Å². The van der Waals surface area contributed by atoms with Gasteiger partial charge in [0.1, 0.15) is 17.2 Å². The lowest BCUT2D eigenvalue weighted by Gasteiger charge is -2.18. The molecular weight excluding hydrogens is 392 g/mol. The number of carbonyl (C=O) groups is 1. The fourth-order valence-electron chi connectivity index (χ4n) is 2.01. The van der Waals surface area contributed by atoms with Gasteiger partial charge in [-0.25, -0.2) is 23.5 Å². The van der Waals surface area contributed by atoms with Crippen LogP contribution in [0.5, 0.6) is 0 Å². The number of anilines is 2. The number of aromatic nitrogens is 2. The van der Waals surface area contributed by atoms with E-state index in [4.69, 9.17) is 5.11 Å². The van der Waals surface area contributed by atoms with Crippen molar-refractivity contribution in [1.82, 2.24) is 9.97 Å². The average Bonchev–Trinajstić information content (AvgIpc) is 2.51. The largest absolute Gasteiger partial charge is 0.478 e. The molecule has 1 aliphatic carbocycles. The predicted molar refractivity (Wildman–Crippen MR) is 91.0 cm³/mol. The first-order valence-electron chi connectivity index (χ1n) is 7.72. The molecule has 1 fully saturated rings. The summed E-state index contributed by atoms with van der Waals surface area (Å²) in [5, 5.41) is 10.9. The Morgan fingerprint density at radius 2 is 1.74 bits per heavy atom. The van der Waals surface area contributed by atoms with Crippen LogP contribution in [0.15, 0.2) is 24.4 Å². The number of carboxylic acid groups (broad SMARTS) is 1. The molecule has 5 nitrogen and oxygen atoms in total. The number of halogens is 5. The quantitative estimate of drug-likeness (QED) is 0.573. The van der Waals surface area contributed by atoms with E-state index in [9.17, 15) is 26.7 Å². The average molecular weight is 407 g/mol. The van der Waals surface area contributed by atoms with Crippen molar-refractivity contribution >= 4 is 26.8 Å². The van der Waals surface area contributed by atoms with Gasteiger partial charge in [-0.05, 0) is 30.6 Å². The van der Waals surface area contributed by atoms with Gasteiger partial charge in [0.25, 0.3) is 0 Å². The Kier molecular flexibility index (Phi) is 6.64. The molecule has 11 heteroatoms. The maximum atomic E-state index is 13.0. The van der Waals surface area contributed by atoms with Crippen LogP contribution < -0.4 is 5.32 Å². The van der Waals surface area contributed by atoms with E-state index in [2.05, 4.69) is 24.5 Å². The number of rotatable bonds is 3. The summed E-state index contributed by atoms with van der Waals surface area (Å²) in [6.45, 7) is 0. The summed E-state index contributed by atoms with van der Waals surface area (Å²) in [6, 6.07) is 2.19. The zero-order chi connectivity index (χ0) is 20.2. The van der Waals surface area contributed by atoms with Gasteiger partial charge in [0.05, 0.1) is 0 Å². The monoisotopic (exact) mass is 407 g/mol. The van der Waals surface area contributed by atoms with Gasteiger partial charge < -0.3 is 10.4 Å². The lowest BCUT2D eigenvalue weighted by Crippen LogP contribution is -2.17. The second-order valence-corrected chi connectivity index (χ2v) is 6.68. The Morgan fingerprint density at radius 3 is 2.15 bits per heavy atom. The molecule has 146 valence electrons. The summed E-state index contributed by atoms with van der Waals surface area (Å²) >= 11 is 0. The fraction of sp³-hybridized carbons (Fsp3) is 0.312. The van der Waals surface area contributed by atoms with E-state index in [1.54, 1.807) is 0 Å². The van der Waals surface area contributed by atoms with E-state index in [1.165, 1.54) is 19.3 Å². The molecule has 1 atom stereocenters. The van der Waals surface area contributed by atoms with E-state index < -0.39 is 41.0 Å². The molecule has 2 N–H and O–H groups in total. The highest BCUT2D eigenvalue weighted by molar-refractivity contribution is 7.17. The van der Waals surface area contributed by atoms with Gasteiger partial charge in [0, 0.05) is 18.0 Å². The zero-order valence-electron chi connectivity index (χ0n) is 13.7. The van der Waals surface area contributed by atoms with Gasteiger partial charge >= 0.3 is 12.1 Å². The number of nitrogens with zero attached hydrogens (tertiary/aromatic N) is 2. The summed E-state index contributed by atoms with van der Waals surface area (Å²) in [7, 11) is 2.82. The second kappa shape index (κ2) is 8.56. The second-order valence-electron chi connectivity index (χ2n) is 5.73. The van der Waals surface area contributed by atoms with Crippen LogP contribution in [0.25, 0.3) is 0 Å². The molecule has 1 unspecified atom stereocenters. The van der Waals surface area contributed by atoms with Crippen LogP contribution in [0.4, 0.5) is 33.6 Å². The molecule has 1 aliphatic rings. The Labute approximate surface area is 153 Å². The molecule has 0 spiro atoms. The van der Waals surface area contributed by atoms with Crippen LogP contribution in [0.1, 0.15) is 35.3 Å². The molecule has 1 aromatic heterocycles. The van der Waals surface area contributed by atoms with E-state index in [0.717, 1.165) is 17.8 Å². The number of aromatic carboxylic acids is 1. The maximum Gasteiger partial charge on any atom is 0.434 e. The van der Waals surface area contributed by atoms with Gasteiger partial charge in [0.15, 0.2) is 5.69 Å². The summed E-state index contributed by atoms with van der Waals surface area (Å²) in [4.78, 5) is 17.2. The Bertz CT molecular complexity index is 808. The summed E-state index contributed by atoms with van der Waals surface area (Å²) in [5.74, 6) is -4.42. The normalized spacial score (nSPS) is 14.0. The summed E-state index contributed by atoms with van der Waals surface area (Å²) in [6.07, 6.45) is -0.208. The van der Waals surface area contributed by atoms with Gasteiger partial charge in [0.2, 0.25) is 5.95 Å². The Balaban J connectivity index is 0.000000451. The third kappa shape index (κ3) is 6.09. The first-order chi connectivity index (χ1) is 12.6. The molecule has 1 saturated carbocycles. The molecule has 3 rings (SSSR count). The number of nitrogens with one attached hydrogen (secondary N) is 1. The zero-order valence-corrected chi connectivity index (χ0v) is 14.9. The van der Waals surface area contributed by atoms with E-state index >= 15 is 0 Å². The van der Waals surface area contributed by atoms with Crippen LogP contribution in [0.2, 0.25) is 0 Å². The van der Waals surface area contributed by atoms with Gasteiger partial charge in [-0.1, -0.05) is 6.42 Å². The first kappa shape index (κ1) is 21.0. The molecule has 27 heavy (non-hydrogen) atoms. The minimum absolute atomic E-state index is 0.228. The number of alkyl halides is 3. The van der Waals surface area contributed by atoms with Crippen molar-refractivity contribution in [2.45, 2.75) is 31.1 Å². The predicted octanol–water partition coefficient (Wildman–Crippen LogP) is 4.63. The third-order valence-corrected chi connectivity index (χ3v) is 4.22. The van der Waals surface area contributed by atoms with Crippen molar-refractivity contribution < 1.29 is 31.9 Å². The number of benzene rings is 1. The van der Waals surface area contributed by atoms with Crippen LogP contribution in [-0.4, -0.2) is 26.7 Å². The van der Waals surface area contributed by atoms with Crippen LogP contribution in [-0.2, 0) is 6.18 Å². The SMILES string of the molecule is O=C(O)c1cnc(Nc2cc(F)cc(F)c2)nc1C(F)(F)F.PC1CCC1. The minimum Gasteiger partial charge on any atom is -0.478 e. The highest BCUT2D eigenvalue weighted by Gasteiger charge is 2.38. The molecule has 0 bridgehead atoms. The number of hydrogen-bond acceptors (Lipinski definition) is 4. The molecule has 2 aromatic rings. The standard InChI is InChI=1S/C12H6F5N3O2.C4H9P/c13-5-1-6(14)3-7(2-5)19-11-18-4-8(10(21)22)9(20-11)12(15,16)17;5-4-2-1-3-4/h1-4H,(H,21,22)(H,18,19,20);4H,1-3,5H2. The smallest absolute Gasteiger partial charge is 0.434 e. The minimum atomic E-state index is -5.03. The Morgan fingerprint density at radius 1 is 1.19 bits per heavy atom. The molecule has 0 radical (unpaired) electrons. The lowest BCUT2D eigenvalue weighted by atomic mass is 10.00.